The molecule has 1 unspecified atom stereocenters. The highest BCUT2D eigenvalue weighted by Gasteiger charge is 2.22. The average Bonchev–Trinajstić information content (AvgIpc) is 2.94. The normalized spacial score (nSPS) is 17.8. The molecule has 0 bridgehead atoms. The van der Waals surface area contributed by atoms with E-state index in [1.165, 1.54) is 0 Å². The van der Waals surface area contributed by atoms with Crippen molar-refractivity contribution in [3.63, 3.8) is 0 Å². The van der Waals surface area contributed by atoms with Gasteiger partial charge in [0.1, 0.15) is 5.01 Å². The molecule has 21 heavy (non-hydrogen) atoms. The molecule has 6 heteroatoms. The van der Waals surface area contributed by atoms with Gasteiger partial charge in [-0.05, 0) is 6.92 Å². The van der Waals surface area contributed by atoms with E-state index in [1.54, 1.807) is 11.3 Å². The minimum atomic E-state index is -0.190. The lowest BCUT2D eigenvalue weighted by atomic mass is 9.93. The van der Waals surface area contributed by atoms with Crippen molar-refractivity contribution in [2.45, 2.75) is 45.7 Å². The van der Waals surface area contributed by atoms with E-state index in [4.69, 9.17) is 4.74 Å². The number of ether oxygens (including phenoxy) is 1. The Balaban J connectivity index is 1.84. The van der Waals surface area contributed by atoms with E-state index in [2.05, 4.69) is 36.5 Å². The highest BCUT2D eigenvalue weighted by molar-refractivity contribution is 7.09. The van der Waals surface area contributed by atoms with Crippen LogP contribution in [0.15, 0.2) is 5.38 Å². The Morgan fingerprint density at radius 1 is 1.48 bits per heavy atom. The molecule has 5 nitrogen and oxygen atoms in total. The van der Waals surface area contributed by atoms with Crippen LogP contribution in [0.3, 0.4) is 0 Å². The highest BCUT2D eigenvalue weighted by atomic mass is 32.1. The van der Waals surface area contributed by atoms with Crippen molar-refractivity contribution in [3.05, 3.63) is 16.1 Å². The molecule has 0 aliphatic carbocycles. The Kier molecular flexibility index (Phi) is 5.35. The number of morpholine rings is 1. The van der Waals surface area contributed by atoms with E-state index in [0.29, 0.717) is 32.8 Å². The second-order valence-electron chi connectivity index (χ2n) is 6.42. The molecule has 1 amide bonds. The second kappa shape index (κ2) is 6.85. The number of rotatable bonds is 4. The second-order valence-corrected chi connectivity index (χ2v) is 7.36. The number of thiazole rings is 1. The lowest BCUT2D eigenvalue weighted by Crippen LogP contribution is -2.49. The van der Waals surface area contributed by atoms with Gasteiger partial charge in [-0.2, -0.15) is 0 Å². The number of amides is 1. The van der Waals surface area contributed by atoms with Crippen LogP contribution in [0.1, 0.15) is 38.4 Å². The van der Waals surface area contributed by atoms with Gasteiger partial charge >= 0.3 is 0 Å². The fraction of sp³-hybridized carbons (Fsp3) is 0.733. The van der Waals surface area contributed by atoms with Crippen molar-refractivity contribution in [3.8, 4) is 0 Å². The third-order valence-electron chi connectivity index (χ3n) is 3.57. The standard InChI is InChI=1S/C15H25N3O2S/c1-11(14(19)18-5-7-20-8-6-18)16-9-13-17-12(10-21-13)15(2,3)4/h10-11,16H,5-9H2,1-4H3. The van der Waals surface area contributed by atoms with Gasteiger partial charge in [-0.3, -0.25) is 10.1 Å². The smallest absolute Gasteiger partial charge is 0.239 e. The average molecular weight is 311 g/mol. The summed E-state index contributed by atoms with van der Waals surface area (Å²) in [4.78, 5) is 18.8. The van der Waals surface area contributed by atoms with Crippen LogP contribution >= 0.6 is 11.3 Å². The van der Waals surface area contributed by atoms with Crippen molar-refractivity contribution in [2.75, 3.05) is 26.3 Å². The Bertz CT molecular complexity index is 476. The maximum absolute atomic E-state index is 12.3. The molecular formula is C15H25N3O2S. The van der Waals surface area contributed by atoms with Crippen molar-refractivity contribution in [1.82, 2.24) is 15.2 Å². The van der Waals surface area contributed by atoms with Crippen molar-refractivity contribution in [1.29, 1.82) is 0 Å². The zero-order valence-corrected chi connectivity index (χ0v) is 14.1. The quantitative estimate of drug-likeness (QED) is 0.921. The fourth-order valence-electron chi connectivity index (χ4n) is 2.12. The van der Waals surface area contributed by atoms with Gasteiger partial charge in [0.2, 0.25) is 5.91 Å². The van der Waals surface area contributed by atoms with E-state index < -0.39 is 0 Å². The SMILES string of the molecule is CC(NCc1nc(C(C)(C)C)cs1)C(=O)N1CCOCC1. The van der Waals surface area contributed by atoms with Gasteiger partial charge in [-0.25, -0.2) is 4.98 Å². The third kappa shape index (κ3) is 4.49. The maximum atomic E-state index is 12.3. The number of nitrogens with zero attached hydrogens (tertiary/aromatic N) is 2. The van der Waals surface area contributed by atoms with E-state index >= 15 is 0 Å². The van der Waals surface area contributed by atoms with Gasteiger partial charge in [0, 0.05) is 30.4 Å². The van der Waals surface area contributed by atoms with Crippen LogP contribution in [-0.4, -0.2) is 48.1 Å². The summed E-state index contributed by atoms with van der Waals surface area (Å²) in [6.45, 7) is 11.7. The van der Waals surface area contributed by atoms with Crippen LogP contribution in [-0.2, 0) is 21.5 Å². The summed E-state index contributed by atoms with van der Waals surface area (Å²) in [5.74, 6) is 0.144. The Labute approximate surface area is 130 Å². The first-order chi connectivity index (χ1) is 9.88. The number of carbonyl (C=O) groups excluding carboxylic acids is 1. The molecule has 118 valence electrons. The number of carbonyl (C=O) groups is 1. The van der Waals surface area contributed by atoms with Crippen LogP contribution in [0.4, 0.5) is 0 Å². The fourth-order valence-corrected chi connectivity index (χ4v) is 3.09. The molecule has 1 aliphatic rings. The van der Waals surface area contributed by atoms with Crippen LogP contribution in [0.2, 0.25) is 0 Å². The molecule has 1 aromatic rings. The molecule has 0 spiro atoms. The summed E-state index contributed by atoms with van der Waals surface area (Å²) in [7, 11) is 0. The molecule has 0 saturated carbocycles. The maximum Gasteiger partial charge on any atom is 0.239 e. The Morgan fingerprint density at radius 3 is 2.71 bits per heavy atom. The predicted molar refractivity (Wildman–Crippen MR) is 84.5 cm³/mol. The molecule has 2 heterocycles. The van der Waals surface area contributed by atoms with Crippen molar-refractivity contribution in [2.24, 2.45) is 0 Å². The monoisotopic (exact) mass is 311 g/mol. The topological polar surface area (TPSA) is 54.5 Å². The number of hydrogen-bond donors (Lipinski definition) is 1. The molecule has 0 radical (unpaired) electrons. The predicted octanol–water partition coefficient (Wildman–Crippen LogP) is 1.78. The zero-order valence-electron chi connectivity index (χ0n) is 13.3. The summed E-state index contributed by atoms with van der Waals surface area (Å²) in [5.41, 5.74) is 1.18. The molecule has 0 aromatic carbocycles. The molecule has 1 fully saturated rings. The van der Waals surface area contributed by atoms with Crippen molar-refractivity contribution < 1.29 is 9.53 Å². The Hall–Kier alpha value is -0.980. The molecule has 2 rings (SSSR count). The molecule has 1 atom stereocenters. The molecule has 1 aromatic heterocycles. The summed E-state index contributed by atoms with van der Waals surface area (Å²) in [6.07, 6.45) is 0. The van der Waals surface area contributed by atoms with E-state index in [1.807, 2.05) is 11.8 Å². The molecule has 1 aliphatic heterocycles. The number of nitrogens with one attached hydrogen (secondary N) is 1. The summed E-state index contributed by atoms with van der Waals surface area (Å²) in [6, 6.07) is -0.190. The van der Waals surface area contributed by atoms with E-state index in [9.17, 15) is 4.79 Å². The number of hydrogen-bond acceptors (Lipinski definition) is 5. The zero-order chi connectivity index (χ0) is 15.5. The molecule has 1 N–H and O–H groups in total. The summed E-state index contributed by atoms with van der Waals surface area (Å²) >= 11 is 1.65. The molecule has 1 saturated heterocycles. The van der Waals surface area contributed by atoms with Crippen LogP contribution in [0.5, 0.6) is 0 Å². The van der Waals surface area contributed by atoms with Crippen LogP contribution < -0.4 is 5.32 Å². The lowest BCUT2D eigenvalue weighted by Gasteiger charge is -2.29. The van der Waals surface area contributed by atoms with E-state index in [0.717, 1.165) is 10.7 Å². The van der Waals surface area contributed by atoms with Crippen LogP contribution in [0.25, 0.3) is 0 Å². The van der Waals surface area contributed by atoms with Gasteiger partial charge in [0.25, 0.3) is 0 Å². The Morgan fingerprint density at radius 2 is 2.14 bits per heavy atom. The van der Waals surface area contributed by atoms with E-state index in [-0.39, 0.29) is 17.4 Å². The van der Waals surface area contributed by atoms with Gasteiger partial charge in [0.05, 0.1) is 24.9 Å². The minimum Gasteiger partial charge on any atom is -0.378 e. The summed E-state index contributed by atoms with van der Waals surface area (Å²) in [5, 5.41) is 6.41. The number of aromatic nitrogens is 1. The van der Waals surface area contributed by atoms with Gasteiger partial charge in [-0.15, -0.1) is 11.3 Å². The first kappa shape index (κ1) is 16.4. The largest absolute Gasteiger partial charge is 0.378 e. The van der Waals surface area contributed by atoms with Gasteiger partial charge < -0.3 is 9.64 Å². The first-order valence-corrected chi connectivity index (χ1v) is 8.30. The van der Waals surface area contributed by atoms with Gasteiger partial charge in [0.15, 0.2) is 0 Å². The van der Waals surface area contributed by atoms with Gasteiger partial charge in [-0.1, -0.05) is 20.8 Å². The van der Waals surface area contributed by atoms with Crippen molar-refractivity contribution >= 4 is 17.2 Å². The van der Waals surface area contributed by atoms with Crippen LogP contribution in [0, 0.1) is 0 Å². The summed E-state index contributed by atoms with van der Waals surface area (Å²) < 4.78 is 5.27. The first-order valence-electron chi connectivity index (χ1n) is 7.43. The minimum absolute atomic E-state index is 0.0734. The lowest BCUT2D eigenvalue weighted by molar-refractivity contribution is -0.137. The third-order valence-corrected chi connectivity index (χ3v) is 4.42. The molecular weight excluding hydrogens is 286 g/mol. The highest BCUT2D eigenvalue weighted by Crippen LogP contribution is 2.23.